The van der Waals surface area contributed by atoms with E-state index in [1.54, 1.807) is 30.1 Å². The minimum Gasteiger partial charge on any atom is -0.398 e. The topological polar surface area (TPSA) is 75.4 Å². The number of halogens is 1. The van der Waals surface area contributed by atoms with Crippen molar-refractivity contribution in [1.82, 2.24) is 10.2 Å². The van der Waals surface area contributed by atoms with Crippen molar-refractivity contribution in [2.24, 2.45) is 5.92 Å². The lowest BCUT2D eigenvalue weighted by Gasteiger charge is -2.31. The molecule has 20 heavy (non-hydrogen) atoms. The molecule has 0 unspecified atom stereocenters. The van der Waals surface area contributed by atoms with E-state index < -0.39 is 0 Å². The number of likely N-dealkylation sites (tertiary alicyclic amines) is 1. The third-order valence-electron chi connectivity index (χ3n) is 3.65. The summed E-state index contributed by atoms with van der Waals surface area (Å²) in [6, 6.07) is 4.88. The zero-order valence-corrected chi connectivity index (χ0v) is 12.1. The molecule has 1 fully saturated rings. The van der Waals surface area contributed by atoms with Gasteiger partial charge in [-0.3, -0.25) is 9.59 Å². The molecule has 1 saturated heterocycles. The fourth-order valence-corrected chi connectivity index (χ4v) is 2.61. The van der Waals surface area contributed by atoms with Crippen LogP contribution in [0.4, 0.5) is 5.69 Å². The molecule has 0 radical (unpaired) electrons. The average Bonchev–Trinajstić information content (AvgIpc) is 2.48. The number of nitrogens with one attached hydrogen (secondary N) is 1. The van der Waals surface area contributed by atoms with Crippen LogP contribution in [0.15, 0.2) is 18.2 Å². The highest BCUT2D eigenvalue weighted by Gasteiger charge is 2.27. The van der Waals surface area contributed by atoms with Gasteiger partial charge < -0.3 is 16.0 Å². The Morgan fingerprint density at radius 3 is 2.60 bits per heavy atom. The van der Waals surface area contributed by atoms with Gasteiger partial charge in [0.2, 0.25) is 5.91 Å². The molecule has 5 nitrogen and oxygen atoms in total. The van der Waals surface area contributed by atoms with Crippen molar-refractivity contribution in [3.05, 3.63) is 28.8 Å². The van der Waals surface area contributed by atoms with Gasteiger partial charge in [-0.1, -0.05) is 11.6 Å². The van der Waals surface area contributed by atoms with Crippen LogP contribution in [0.5, 0.6) is 0 Å². The number of rotatable bonds is 2. The maximum Gasteiger partial charge on any atom is 0.255 e. The second-order valence-corrected chi connectivity index (χ2v) is 5.35. The number of carbonyl (C=O) groups is 2. The van der Waals surface area contributed by atoms with Gasteiger partial charge in [0, 0.05) is 36.8 Å². The number of hydrogen-bond acceptors (Lipinski definition) is 3. The molecule has 0 atom stereocenters. The summed E-state index contributed by atoms with van der Waals surface area (Å²) in [5.74, 6) is -0.0968. The molecule has 0 spiro atoms. The normalized spacial score (nSPS) is 16.0. The monoisotopic (exact) mass is 295 g/mol. The lowest BCUT2D eigenvalue weighted by atomic mass is 9.95. The van der Waals surface area contributed by atoms with Crippen LogP contribution in [0, 0.1) is 5.92 Å². The lowest BCUT2D eigenvalue weighted by molar-refractivity contribution is -0.125. The molecule has 0 aliphatic carbocycles. The van der Waals surface area contributed by atoms with Crippen LogP contribution < -0.4 is 11.1 Å². The molecule has 3 N–H and O–H groups in total. The Morgan fingerprint density at radius 2 is 2.00 bits per heavy atom. The van der Waals surface area contributed by atoms with Crippen LogP contribution in [0.1, 0.15) is 23.2 Å². The highest BCUT2D eigenvalue weighted by atomic mass is 35.5. The number of nitrogen functional groups attached to an aromatic ring is 1. The van der Waals surface area contributed by atoms with E-state index in [1.165, 1.54) is 0 Å². The molecular formula is C14H18ClN3O2. The molecule has 1 aliphatic heterocycles. The Labute approximate surface area is 123 Å². The van der Waals surface area contributed by atoms with Crippen LogP contribution in [0.3, 0.4) is 0 Å². The van der Waals surface area contributed by atoms with Crippen LogP contribution >= 0.6 is 11.6 Å². The molecule has 1 aliphatic rings. The maximum atomic E-state index is 12.4. The highest BCUT2D eigenvalue weighted by Crippen LogP contribution is 2.23. The predicted molar refractivity (Wildman–Crippen MR) is 78.6 cm³/mol. The second kappa shape index (κ2) is 6.13. The molecule has 1 heterocycles. The summed E-state index contributed by atoms with van der Waals surface area (Å²) in [5.41, 5.74) is 6.67. The van der Waals surface area contributed by atoms with E-state index in [0.29, 0.717) is 42.2 Å². The molecule has 1 aromatic rings. The van der Waals surface area contributed by atoms with Crippen molar-refractivity contribution in [3.8, 4) is 0 Å². The fraction of sp³-hybridized carbons (Fsp3) is 0.429. The van der Waals surface area contributed by atoms with E-state index in [9.17, 15) is 9.59 Å². The van der Waals surface area contributed by atoms with Gasteiger partial charge in [0.05, 0.1) is 5.56 Å². The van der Waals surface area contributed by atoms with E-state index in [2.05, 4.69) is 5.32 Å². The quantitative estimate of drug-likeness (QED) is 0.812. The van der Waals surface area contributed by atoms with Gasteiger partial charge in [0.15, 0.2) is 0 Å². The van der Waals surface area contributed by atoms with Gasteiger partial charge in [-0.2, -0.15) is 0 Å². The summed E-state index contributed by atoms with van der Waals surface area (Å²) < 4.78 is 0. The van der Waals surface area contributed by atoms with Crippen LogP contribution in [0.25, 0.3) is 0 Å². The Bertz CT molecular complexity index is 525. The third kappa shape index (κ3) is 3.04. The van der Waals surface area contributed by atoms with Crippen molar-refractivity contribution in [2.75, 3.05) is 25.9 Å². The van der Waals surface area contributed by atoms with Gasteiger partial charge in [0.1, 0.15) is 0 Å². The third-order valence-corrected chi connectivity index (χ3v) is 3.88. The van der Waals surface area contributed by atoms with E-state index >= 15 is 0 Å². The first kappa shape index (κ1) is 14.7. The number of amides is 2. The minimum atomic E-state index is -0.125. The summed E-state index contributed by atoms with van der Waals surface area (Å²) in [5, 5.41) is 3.14. The number of benzene rings is 1. The van der Waals surface area contributed by atoms with Crippen molar-refractivity contribution in [2.45, 2.75) is 12.8 Å². The van der Waals surface area contributed by atoms with Gasteiger partial charge in [-0.05, 0) is 31.0 Å². The van der Waals surface area contributed by atoms with Gasteiger partial charge in [-0.15, -0.1) is 0 Å². The van der Waals surface area contributed by atoms with Crippen molar-refractivity contribution in [1.29, 1.82) is 0 Å². The zero-order chi connectivity index (χ0) is 14.7. The largest absolute Gasteiger partial charge is 0.398 e. The standard InChI is InChI=1S/C14H18ClN3O2/c1-17-13(19)9-4-6-18(7-5-9)14(20)11-8-10(15)2-3-12(11)16/h2-3,8-9H,4-7,16H2,1H3,(H,17,19). The molecule has 0 aromatic heterocycles. The predicted octanol–water partition coefficient (Wildman–Crippen LogP) is 1.52. The molecule has 0 saturated carbocycles. The Morgan fingerprint density at radius 1 is 1.35 bits per heavy atom. The Kier molecular flexibility index (Phi) is 4.49. The first-order chi connectivity index (χ1) is 9.52. The SMILES string of the molecule is CNC(=O)C1CCN(C(=O)c2cc(Cl)ccc2N)CC1. The number of anilines is 1. The van der Waals surface area contributed by atoms with Crippen molar-refractivity contribution < 1.29 is 9.59 Å². The molecule has 2 rings (SSSR count). The molecule has 2 amide bonds. The minimum absolute atomic E-state index is 0.0132. The van der Waals surface area contributed by atoms with Crippen LogP contribution in [-0.4, -0.2) is 36.9 Å². The second-order valence-electron chi connectivity index (χ2n) is 4.91. The Balaban J connectivity index is 2.05. The van der Waals surface area contributed by atoms with E-state index in [4.69, 9.17) is 17.3 Å². The molecule has 6 heteroatoms. The summed E-state index contributed by atoms with van der Waals surface area (Å²) in [6.45, 7) is 1.12. The molecule has 1 aromatic carbocycles. The lowest BCUT2D eigenvalue weighted by Crippen LogP contribution is -2.42. The molecule has 0 bridgehead atoms. The molecule has 108 valence electrons. The van der Waals surface area contributed by atoms with Gasteiger partial charge in [-0.25, -0.2) is 0 Å². The highest BCUT2D eigenvalue weighted by molar-refractivity contribution is 6.31. The summed E-state index contributed by atoms with van der Waals surface area (Å²) in [6.07, 6.45) is 1.35. The first-order valence-electron chi connectivity index (χ1n) is 6.59. The summed E-state index contributed by atoms with van der Waals surface area (Å²) >= 11 is 5.90. The smallest absolute Gasteiger partial charge is 0.255 e. The summed E-state index contributed by atoms with van der Waals surface area (Å²) in [7, 11) is 1.63. The van der Waals surface area contributed by atoms with E-state index in [-0.39, 0.29) is 17.7 Å². The zero-order valence-electron chi connectivity index (χ0n) is 11.4. The van der Waals surface area contributed by atoms with Gasteiger partial charge in [0.25, 0.3) is 5.91 Å². The fourth-order valence-electron chi connectivity index (χ4n) is 2.43. The van der Waals surface area contributed by atoms with Crippen molar-refractivity contribution in [3.63, 3.8) is 0 Å². The average molecular weight is 296 g/mol. The van der Waals surface area contributed by atoms with Crippen molar-refractivity contribution >= 4 is 29.1 Å². The van der Waals surface area contributed by atoms with E-state index in [0.717, 1.165) is 0 Å². The van der Waals surface area contributed by atoms with Crippen LogP contribution in [0.2, 0.25) is 5.02 Å². The van der Waals surface area contributed by atoms with E-state index in [1.807, 2.05) is 0 Å². The molecular weight excluding hydrogens is 278 g/mol. The number of piperidine rings is 1. The number of nitrogens with zero attached hydrogens (tertiary/aromatic N) is 1. The number of hydrogen-bond donors (Lipinski definition) is 2. The van der Waals surface area contributed by atoms with Crippen LogP contribution in [-0.2, 0) is 4.79 Å². The number of carbonyl (C=O) groups excluding carboxylic acids is 2. The first-order valence-corrected chi connectivity index (χ1v) is 6.96. The summed E-state index contributed by atoms with van der Waals surface area (Å²) in [4.78, 5) is 25.7. The van der Waals surface area contributed by atoms with Gasteiger partial charge >= 0.3 is 0 Å². The number of nitrogens with two attached hydrogens (primary N) is 1. The Hall–Kier alpha value is -1.75. The maximum absolute atomic E-state index is 12.4.